The maximum atomic E-state index is 13.3. The van der Waals surface area contributed by atoms with Gasteiger partial charge in [0.15, 0.2) is 5.13 Å². The summed E-state index contributed by atoms with van der Waals surface area (Å²) in [4.78, 5) is 22.2. The monoisotopic (exact) mass is 529 g/mol. The van der Waals surface area contributed by atoms with E-state index >= 15 is 0 Å². The number of carbonyl (C=O) groups excluding carboxylic acids is 1. The molecule has 0 bridgehead atoms. The number of rotatable bonds is 6. The first-order valence-corrected chi connectivity index (χ1v) is 11.5. The highest BCUT2D eigenvalue weighted by Crippen LogP contribution is 2.32. The van der Waals surface area contributed by atoms with Gasteiger partial charge in [0.25, 0.3) is 5.91 Å². The zero-order valence-electron chi connectivity index (χ0n) is 16.2. The smallest absolute Gasteiger partial charge is 0.260 e. The molecule has 0 radical (unpaired) electrons. The number of benzene rings is 2. The molecule has 0 aliphatic carbocycles. The summed E-state index contributed by atoms with van der Waals surface area (Å²) in [7, 11) is 0. The molecule has 0 saturated carbocycles. The first-order valence-electron chi connectivity index (χ1n) is 9.54. The number of amides is 1. The largest absolute Gasteiger partial charge is 0.379 e. The lowest BCUT2D eigenvalue weighted by Crippen LogP contribution is -2.39. The molecule has 0 atom stereocenters. The number of carbonyl (C=O) groups is 1. The Kier molecular flexibility index (Phi) is 8.51. The molecule has 0 unspecified atom stereocenters. The molecule has 0 N–H and O–H groups in total. The Hall–Kier alpha value is -1.22. The van der Waals surface area contributed by atoms with E-state index in [1.54, 1.807) is 29.2 Å². The van der Waals surface area contributed by atoms with Crippen molar-refractivity contribution in [2.75, 3.05) is 44.3 Å². The molecule has 160 valence electrons. The SMILES string of the molecule is Cl.O=C(c1ccc(Cl)cc1)N(CCCN1CCOCC1)c1nc2ccc(Br)cc2s1. The van der Waals surface area contributed by atoms with Gasteiger partial charge in [-0.2, -0.15) is 0 Å². The molecule has 1 aliphatic rings. The summed E-state index contributed by atoms with van der Waals surface area (Å²) < 4.78 is 7.47. The van der Waals surface area contributed by atoms with Crippen molar-refractivity contribution in [2.45, 2.75) is 6.42 Å². The number of nitrogens with zero attached hydrogens (tertiary/aromatic N) is 3. The quantitative estimate of drug-likeness (QED) is 0.422. The van der Waals surface area contributed by atoms with Crippen molar-refractivity contribution in [3.05, 3.63) is 57.5 Å². The second kappa shape index (κ2) is 10.9. The van der Waals surface area contributed by atoms with E-state index in [4.69, 9.17) is 21.3 Å². The Bertz CT molecular complexity index is 994. The third-order valence-electron chi connectivity index (χ3n) is 4.87. The van der Waals surface area contributed by atoms with Crippen molar-refractivity contribution in [3.63, 3.8) is 0 Å². The highest BCUT2D eigenvalue weighted by Gasteiger charge is 2.22. The highest BCUT2D eigenvalue weighted by atomic mass is 79.9. The third kappa shape index (κ3) is 5.72. The third-order valence-corrected chi connectivity index (χ3v) is 6.65. The van der Waals surface area contributed by atoms with Gasteiger partial charge >= 0.3 is 0 Å². The predicted octanol–water partition coefficient (Wildman–Crippen LogP) is 5.50. The van der Waals surface area contributed by atoms with E-state index in [0.717, 1.165) is 59.1 Å². The number of hydrogen-bond acceptors (Lipinski definition) is 5. The van der Waals surface area contributed by atoms with Crippen LogP contribution in [0.4, 0.5) is 5.13 Å². The number of thiazole rings is 1. The Balaban J connectivity index is 0.00000256. The van der Waals surface area contributed by atoms with Crippen molar-refractivity contribution in [1.82, 2.24) is 9.88 Å². The number of fused-ring (bicyclic) bond motifs is 1. The molecule has 0 spiro atoms. The van der Waals surface area contributed by atoms with Gasteiger partial charge in [-0.1, -0.05) is 38.9 Å². The van der Waals surface area contributed by atoms with Crippen LogP contribution in [0, 0.1) is 0 Å². The maximum absolute atomic E-state index is 13.3. The Morgan fingerprint density at radius 1 is 1.20 bits per heavy atom. The topological polar surface area (TPSA) is 45.7 Å². The number of halogens is 3. The van der Waals surface area contributed by atoms with Crippen LogP contribution in [-0.4, -0.2) is 55.2 Å². The van der Waals surface area contributed by atoms with Crippen molar-refractivity contribution >= 4 is 72.5 Å². The van der Waals surface area contributed by atoms with Gasteiger partial charge in [0.1, 0.15) is 0 Å². The van der Waals surface area contributed by atoms with Crippen LogP contribution in [0.1, 0.15) is 16.8 Å². The van der Waals surface area contributed by atoms with Crippen LogP contribution in [0.25, 0.3) is 10.2 Å². The van der Waals surface area contributed by atoms with Gasteiger partial charge in [-0.05, 0) is 48.9 Å². The van der Waals surface area contributed by atoms with E-state index in [0.29, 0.717) is 17.1 Å². The molecule has 2 heterocycles. The standard InChI is InChI=1S/C21H21BrClN3O2S.ClH/c22-16-4-7-18-19(14-16)29-21(24-18)26(9-1-8-25-10-12-28-13-11-25)20(27)15-2-5-17(23)6-3-15;/h2-7,14H,1,8-13H2;1H. The lowest BCUT2D eigenvalue weighted by Gasteiger charge is -2.27. The molecule has 5 nitrogen and oxygen atoms in total. The molecule has 1 aliphatic heterocycles. The van der Waals surface area contributed by atoms with E-state index < -0.39 is 0 Å². The second-order valence-corrected chi connectivity index (χ2v) is 9.24. The van der Waals surface area contributed by atoms with Gasteiger partial charge in [0, 0.05) is 41.2 Å². The summed E-state index contributed by atoms with van der Waals surface area (Å²) in [6.07, 6.45) is 0.874. The fourth-order valence-electron chi connectivity index (χ4n) is 3.31. The van der Waals surface area contributed by atoms with Crippen molar-refractivity contribution in [2.24, 2.45) is 0 Å². The number of aromatic nitrogens is 1. The lowest BCUT2D eigenvalue weighted by molar-refractivity contribution is 0.0376. The summed E-state index contributed by atoms with van der Waals surface area (Å²) in [5.74, 6) is -0.0539. The molecular formula is C21H22BrCl2N3O2S. The van der Waals surface area contributed by atoms with Crippen LogP contribution in [0.3, 0.4) is 0 Å². The van der Waals surface area contributed by atoms with Gasteiger partial charge < -0.3 is 4.74 Å². The molecule has 1 fully saturated rings. The number of ether oxygens (including phenoxy) is 1. The van der Waals surface area contributed by atoms with Crippen LogP contribution in [0.5, 0.6) is 0 Å². The minimum atomic E-state index is -0.0539. The first kappa shape index (κ1) is 23.4. The predicted molar refractivity (Wildman–Crippen MR) is 130 cm³/mol. The van der Waals surface area contributed by atoms with Crippen LogP contribution >= 0.6 is 51.3 Å². The van der Waals surface area contributed by atoms with Crippen LogP contribution in [-0.2, 0) is 4.74 Å². The molecular weight excluding hydrogens is 509 g/mol. The van der Waals surface area contributed by atoms with Crippen LogP contribution in [0.2, 0.25) is 5.02 Å². The Morgan fingerprint density at radius 3 is 2.67 bits per heavy atom. The van der Waals surface area contributed by atoms with Gasteiger partial charge in [0.2, 0.25) is 0 Å². The number of anilines is 1. The van der Waals surface area contributed by atoms with Crippen LogP contribution < -0.4 is 4.90 Å². The Labute approximate surface area is 199 Å². The summed E-state index contributed by atoms with van der Waals surface area (Å²) >= 11 is 11.0. The molecule has 9 heteroatoms. The van der Waals surface area contributed by atoms with Crippen LogP contribution in [0.15, 0.2) is 46.9 Å². The van der Waals surface area contributed by atoms with E-state index in [-0.39, 0.29) is 18.3 Å². The van der Waals surface area contributed by atoms with Gasteiger partial charge in [-0.15, -0.1) is 12.4 Å². The second-order valence-electron chi connectivity index (χ2n) is 6.88. The highest BCUT2D eigenvalue weighted by molar-refractivity contribution is 9.10. The fourth-order valence-corrected chi connectivity index (χ4v) is 4.98. The Morgan fingerprint density at radius 2 is 1.93 bits per heavy atom. The molecule has 1 amide bonds. The summed E-state index contributed by atoms with van der Waals surface area (Å²) in [6, 6.07) is 13.0. The zero-order chi connectivity index (χ0) is 20.2. The fraction of sp³-hybridized carbons (Fsp3) is 0.333. The van der Waals surface area contributed by atoms with Crippen molar-refractivity contribution in [3.8, 4) is 0 Å². The molecule has 2 aromatic carbocycles. The van der Waals surface area contributed by atoms with Crippen molar-refractivity contribution < 1.29 is 9.53 Å². The minimum absolute atomic E-state index is 0. The molecule has 1 aromatic heterocycles. The van der Waals surface area contributed by atoms with E-state index in [9.17, 15) is 4.79 Å². The van der Waals surface area contributed by atoms with E-state index in [2.05, 4.69) is 20.8 Å². The van der Waals surface area contributed by atoms with E-state index in [1.807, 2.05) is 18.2 Å². The number of hydrogen-bond donors (Lipinski definition) is 0. The summed E-state index contributed by atoms with van der Waals surface area (Å²) in [6.45, 7) is 4.99. The molecule has 30 heavy (non-hydrogen) atoms. The molecule has 3 aromatic rings. The average molecular weight is 531 g/mol. The minimum Gasteiger partial charge on any atom is -0.379 e. The zero-order valence-corrected chi connectivity index (χ0v) is 20.2. The normalized spacial score (nSPS) is 14.5. The van der Waals surface area contributed by atoms with Gasteiger partial charge in [-0.3, -0.25) is 14.6 Å². The molecule has 1 saturated heterocycles. The van der Waals surface area contributed by atoms with Gasteiger partial charge in [-0.25, -0.2) is 4.98 Å². The van der Waals surface area contributed by atoms with Gasteiger partial charge in [0.05, 0.1) is 23.4 Å². The average Bonchev–Trinajstić information content (AvgIpc) is 3.15. The maximum Gasteiger partial charge on any atom is 0.260 e. The summed E-state index contributed by atoms with van der Waals surface area (Å²) in [5.41, 5.74) is 1.51. The first-order chi connectivity index (χ1) is 14.1. The molecule has 4 rings (SSSR count). The van der Waals surface area contributed by atoms with Crippen molar-refractivity contribution in [1.29, 1.82) is 0 Å². The number of morpholine rings is 1. The lowest BCUT2D eigenvalue weighted by atomic mass is 10.2. The van der Waals surface area contributed by atoms with E-state index in [1.165, 1.54) is 11.3 Å². The summed E-state index contributed by atoms with van der Waals surface area (Å²) in [5, 5.41) is 1.34.